The van der Waals surface area contributed by atoms with Crippen LogP contribution in [-0.4, -0.2) is 58.1 Å². The molecule has 2 aromatic rings. The predicted molar refractivity (Wildman–Crippen MR) is 101 cm³/mol. The number of hydrogen-bond donors (Lipinski definition) is 0. The summed E-state index contributed by atoms with van der Waals surface area (Å²) in [6, 6.07) is 4.29. The van der Waals surface area contributed by atoms with Gasteiger partial charge in [-0.05, 0) is 43.3 Å². The number of piperazine rings is 1. The zero-order valence-electron chi connectivity index (χ0n) is 15.4. The molecule has 0 unspecified atom stereocenters. The van der Waals surface area contributed by atoms with Gasteiger partial charge in [0.1, 0.15) is 6.33 Å². The Kier molecular flexibility index (Phi) is 5.30. The quantitative estimate of drug-likeness (QED) is 0.660. The van der Waals surface area contributed by atoms with E-state index in [4.69, 9.17) is 12.2 Å². The Morgan fingerprint density at radius 1 is 1.14 bits per heavy atom. The van der Waals surface area contributed by atoms with Crippen molar-refractivity contribution in [2.75, 3.05) is 26.2 Å². The van der Waals surface area contributed by atoms with E-state index in [2.05, 4.69) is 5.10 Å². The lowest BCUT2D eigenvalue weighted by atomic mass is 10.2. The molecule has 1 aliphatic heterocycles. The SMILES string of the molecule is O=S(=O)(c1cccc(C(F)(F)F)c1)N1CCN(Cn2ncn(C3CC3)c2=S)CC1. The van der Waals surface area contributed by atoms with Crippen molar-refractivity contribution in [1.82, 2.24) is 23.6 Å². The summed E-state index contributed by atoms with van der Waals surface area (Å²) < 4.78 is 69.8. The molecule has 0 spiro atoms. The van der Waals surface area contributed by atoms with Crippen LogP contribution in [0, 0.1) is 4.77 Å². The fourth-order valence-electron chi connectivity index (χ4n) is 3.33. The van der Waals surface area contributed by atoms with Crippen molar-refractivity contribution in [3.63, 3.8) is 0 Å². The minimum atomic E-state index is -4.59. The molecular formula is C17H20F3N5O2S2. The van der Waals surface area contributed by atoms with E-state index in [9.17, 15) is 21.6 Å². The first-order chi connectivity index (χ1) is 13.7. The summed E-state index contributed by atoms with van der Waals surface area (Å²) in [5.41, 5.74) is -0.974. The van der Waals surface area contributed by atoms with Gasteiger partial charge in [0.05, 0.1) is 17.1 Å². The zero-order chi connectivity index (χ0) is 20.8. The Morgan fingerprint density at radius 2 is 1.83 bits per heavy atom. The Labute approximate surface area is 171 Å². The number of aromatic nitrogens is 3. The van der Waals surface area contributed by atoms with E-state index in [1.807, 2.05) is 9.47 Å². The van der Waals surface area contributed by atoms with Gasteiger partial charge in [-0.1, -0.05) is 6.07 Å². The predicted octanol–water partition coefficient (Wildman–Crippen LogP) is 2.73. The van der Waals surface area contributed by atoms with Crippen molar-refractivity contribution >= 4 is 22.2 Å². The number of halogens is 3. The zero-order valence-corrected chi connectivity index (χ0v) is 17.0. The molecular weight excluding hydrogens is 427 g/mol. The van der Waals surface area contributed by atoms with Crippen LogP contribution in [0.2, 0.25) is 0 Å². The van der Waals surface area contributed by atoms with Crippen LogP contribution in [0.3, 0.4) is 0 Å². The molecule has 1 saturated heterocycles. The molecule has 1 saturated carbocycles. The van der Waals surface area contributed by atoms with Gasteiger partial charge < -0.3 is 4.57 Å². The van der Waals surface area contributed by atoms with Crippen molar-refractivity contribution in [3.8, 4) is 0 Å². The Hall–Kier alpha value is -1.76. The van der Waals surface area contributed by atoms with E-state index in [1.54, 1.807) is 11.0 Å². The van der Waals surface area contributed by atoms with E-state index < -0.39 is 21.8 Å². The van der Waals surface area contributed by atoms with E-state index in [-0.39, 0.29) is 18.0 Å². The fourth-order valence-corrected chi connectivity index (χ4v) is 5.10. The summed E-state index contributed by atoms with van der Waals surface area (Å²) in [6.07, 6.45) is -0.653. The first-order valence-electron chi connectivity index (χ1n) is 9.20. The van der Waals surface area contributed by atoms with Crippen molar-refractivity contribution < 1.29 is 21.6 Å². The smallest absolute Gasteiger partial charge is 0.303 e. The molecule has 12 heteroatoms. The second kappa shape index (κ2) is 7.49. The average Bonchev–Trinajstić information content (AvgIpc) is 3.46. The summed E-state index contributed by atoms with van der Waals surface area (Å²) in [7, 11) is -3.99. The molecule has 2 aliphatic rings. The van der Waals surface area contributed by atoms with Gasteiger partial charge in [-0.25, -0.2) is 13.1 Å². The highest BCUT2D eigenvalue weighted by Gasteiger charge is 2.34. The highest BCUT2D eigenvalue weighted by Crippen LogP contribution is 2.34. The van der Waals surface area contributed by atoms with Crippen LogP contribution >= 0.6 is 12.2 Å². The number of hydrogen-bond acceptors (Lipinski definition) is 5. The Balaban J connectivity index is 1.42. The summed E-state index contributed by atoms with van der Waals surface area (Å²) in [5, 5.41) is 4.31. The maximum atomic E-state index is 12.9. The van der Waals surface area contributed by atoms with Crippen LogP contribution in [0.25, 0.3) is 0 Å². The molecule has 0 atom stereocenters. The van der Waals surface area contributed by atoms with Crippen molar-refractivity contribution in [3.05, 3.63) is 40.9 Å². The maximum Gasteiger partial charge on any atom is 0.416 e. The number of nitrogens with zero attached hydrogens (tertiary/aromatic N) is 5. The van der Waals surface area contributed by atoms with Crippen molar-refractivity contribution in [1.29, 1.82) is 0 Å². The van der Waals surface area contributed by atoms with Crippen LogP contribution in [0.1, 0.15) is 24.4 Å². The second-order valence-corrected chi connectivity index (χ2v) is 9.54. The van der Waals surface area contributed by atoms with Gasteiger partial charge in [0.15, 0.2) is 4.77 Å². The van der Waals surface area contributed by atoms with Gasteiger partial charge in [0, 0.05) is 32.2 Å². The van der Waals surface area contributed by atoms with Gasteiger partial charge in [-0.3, -0.25) is 4.90 Å². The summed E-state index contributed by atoms with van der Waals surface area (Å²) in [6.45, 7) is 1.72. The molecule has 1 aromatic heterocycles. The molecule has 2 heterocycles. The Morgan fingerprint density at radius 3 is 2.45 bits per heavy atom. The Bertz CT molecular complexity index is 1050. The molecule has 0 radical (unpaired) electrons. The maximum absolute atomic E-state index is 12.9. The summed E-state index contributed by atoms with van der Waals surface area (Å²) in [4.78, 5) is 1.68. The molecule has 158 valence electrons. The lowest BCUT2D eigenvalue weighted by Crippen LogP contribution is -2.49. The lowest BCUT2D eigenvalue weighted by Gasteiger charge is -2.33. The highest BCUT2D eigenvalue weighted by molar-refractivity contribution is 7.89. The minimum Gasteiger partial charge on any atom is -0.303 e. The minimum absolute atomic E-state index is 0.190. The van der Waals surface area contributed by atoms with Crippen LogP contribution in [-0.2, 0) is 22.9 Å². The molecule has 2 fully saturated rings. The standard InChI is InChI=1S/C17H20F3N5O2S2/c18-17(19,20)13-2-1-3-15(10-13)29(26,27)23-8-6-22(7-9-23)12-25-16(28)24(11-21-25)14-4-5-14/h1-3,10-11,14H,4-9,12H2. The number of alkyl halides is 3. The molecule has 0 bridgehead atoms. The molecule has 29 heavy (non-hydrogen) atoms. The van der Waals surface area contributed by atoms with E-state index >= 15 is 0 Å². The molecule has 0 amide bonds. The molecule has 4 rings (SSSR count). The topological polar surface area (TPSA) is 63.4 Å². The summed E-state index contributed by atoms with van der Waals surface area (Å²) >= 11 is 5.44. The average molecular weight is 448 g/mol. The fraction of sp³-hybridized carbons (Fsp3) is 0.529. The number of sulfonamides is 1. The first kappa shape index (κ1) is 20.5. The van der Waals surface area contributed by atoms with Crippen molar-refractivity contribution in [2.45, 2.75) is 36.6 Å². The van der Waals surface area contributed by atoms with Crippen LogP contribution < -0.4 is 0 Å². The number of rotatable bonds is 5. The first-order valence-corrected chi connectivity index (χ1v) is 11.0. The molecule has 0 N–H and O–H groups in total. The second-order valence-electron chi connectivity index (χ2n) is 7.24. The van der Waals surface area contributed by atoms with Gasteiger partial charge >= 0.3 is 6.18 Å². The molecule has 1 aromatic carbocycles. The van der Waals surface area contributed by atoms with Gasteiger partial charge in [0.25, 0.3) is 0 Å². The van der Waals surface area contributed by atoms with E-state index in [0.29, 0.717) is 36.6 Å². The molecule has 7 nitrogen and oxygen atoms in total. The highest BCUT2D eigenvalue weighted by atomic mass is 32.2. The van der Waals surface area contributed by atoms with Crippen LogP contribution in [0.4, 0.5) is 13.2 Å². The van der Waals surface area contributed by atoms with Gasteiger partial charge in [-0.2, -0.15) is 22.6 Å². The lowest BCUT2D eigenvalue weighted by molar-refractivity contribution is -0.137. The van der Waals surface area contributed by atoms with Crippen molar-refractivity contribution in [2.24, 2.45) is 0 Å². The van der Waals surface area contributed by atoms with E-state index in [1.165, 1.54) is 10.4 Å². The monoisotopic (exact) mass is 447 g/mol. The normalized spacial score (nSPS) is 19.6. The third kappa shape index (κ3) is 4.25. The largest absolute Gasteiger partial charge is 0.416 e. The van der Waals surface area contributed by atoms with Crippen LogP contribution in [0.5, 0.6) is 0 Å². The third-order valence-corrected chi connectivity index (χ3v) is 7.48. The van der Waals surface area contributed by atoms with Crippen LogP contribution in [0.15, 0.2) is 35.5 Å². The third-order valence-electron chi connectivity index (χ3n) is 5.16. The number of benzene rings is 1. The van der Waals surface area contributed by atoms with Gasteiger partial charge in [-0.15, -0.1) is 0 Å². The molecule has 1 aliphatic carbocycles. The van der Waals surface area contributed by atoms with Gasteiger partial charge in [0.2, 0.25) is 10.0 Å². The summed E-state index contributed by atoms with van der Waals surface area (Å²) in [5.74, 6) is 0. The van der Waals surface area contributed by atoms with E-state index in [0.717, 1.165) is 25.0 Å².